The van der Waals surface area contributed by atoms with E-state index in [-0.39, 0.29) is 17.5 Å². The molecule has 1 aliphatic carbocycles. The molecule has 0 unspecified atom stereocenters. The van der Waals surface area contributed by atoms with E-state index < -0.39 is 29.8 Å². The van der Waals surface area contributed by atoms with Crippen molar-refractivity contribution in [2.45, 2.75) is 78.2 Å². The first kappa shape index (κ1) is 21.1. The highest BCUT2D eigenvalue weighted by atomic mass is 16.6. The number of likely N-dealkylation sites (tertiary alicyclic amines) is 1. The number of esters is 1. The van der Waals surface area contributed by atoms with Crippen LogP contribution >= 0.6 is 0 Å². The molecular formula is C21H29N3O5. The van der Waals surface area contributed by atoms with Crippen LogP contribution in [0, 0.1) is 5.92 Å². The van der Waals surface area contributed by atoms with Crippen molar-refractivity contribution in [2.75, 3.05) is 0 Å². The summed E-state index contributed by atoms with van der Waals surface area (Å²) in [5.74, 6) is -0.515. The fourth-order valence-electron chi connectivity index (χ4n) is 4.38. The van der Waals surface area contributed by atoms with Crippen LogP contribution in [0.1, 0.15) is 59.2 Å². The number of H-pyrrole nitrogens is 1. The van der Waals surface area contributed by atoms with Crippen molar-refractivity contribution < 1.29 is 19.1 Å². The second-order valence-electron chi connectivity index (χ2n) is 8.66. The minimum Gasteiger partial charge on any atom is -0.460 e. The van der Waals surface area contributed by atoms with Crippen LogP contribution in [0.2, 0.25) is 0 Å². The molecule has 8 heteroatoms. The summed E-state index contributed by atoms with van der Waals surface area (Å²) in [7, 11) is 0. The van der Waals surface area contributed by atoms with Crippen molar-refractivity contribution in [1.29, 1.82) is 0 Å². The monoisotopic (exact) mass is 403 g/mol. The molecule has 1 fully saturated rings. The van der Waals surface area contributed by atoms with E-state index in [4.69, 9.17) is 9.47 Å². The number of rotatable bonds is 3. The summed E-state index contributed by atoms with van der Waals surface area (Å²) in [5, 5.41) is 0. The quantitative estimate of drug-likeness (QED) is 0.779. The third kappa shape index (κ3) is 3.93. The minimum atomic E-state index is -0.667. The zero-order valence-electron chi connectivity index (χ0n) is 17.8. The van der Waals surface area contributed by atoms with Gasteiger partial charge in [-0.3, -0.25) is 14.5 Å². The fraction of sp³-hybridized carbons (Fsp3) is 0.619. The Morgan fingerprint density at radius 3 is 2.62 bits per heavy atom. The van der Waals surface area contributed by atoms with Gasteiger partial charge >= 0.3 is 12.1 Å². The van der Waals surface area contributed by atoms with E-state index in [0.717, 1.165) is 5.57 Å². The van der Waals surface area contributed by atoms with Crippen molar-refractivity contribution in [3.05, 3.63) is 34.0 Å². The summed E-state index contributed by atoms with van der Waals surface area (Å²) < 4.78 is 11.4. The molecule has 0 radical (unpaired) electrons. The molecule has 1 aromatic rings. The van der Waals surface area contributed by atoms with Crippen LogP contribution < -0.4 is 5.56 Å². The van der Waals surface area contributed by atoms with E-state index in [1.165, 1.54) is 13.3 Å². The molecular weight excluding hydrogens is 374 g/mol. The Labute approximate surface area is 170 Å². The summed E-state index contributed by atoms with van der Waals surface area (Å²) in [6.07, 6.45) is 3.34. The number of aromatic nitrogens is 2. The van der Waals surface area contributed by atoms with Gasteiger partial charge in [0.1, 0.15) is 11.7 Å². The van der Waals surface area contributed by atoms with Gasteiger partial charge in [0.2, 0.25) is 0 Å². The molecule has 1 amide bonds. The van der Waals surface area contributed by atoms with Gasteiger partial charge in [-0.15, -0.1) is 0 Å². The Bertz CT molecular complexity index is 898. The Morgan fingerprint density at radius 2 is 2.03 bits per heavy atom. The van der Waals surface area contributed by atoms with Crippen molar-refractivity contribution in [1.82, 2.24) is 14.9 Å². The molecule has 1 N–H and O–H groups in total. The average Bonchev–Trinajstić information content (AvgIpc) is 3.13. The molecule has 8 nitrogen and oxygen atoms in total. The lowest BCUT2D eigenvalue weighted by Crippen LogP contribution is -2.47. The van der Waals surface area contributed by atoms with Crippen molar-refractivity contribution in [3.63, 3.8) is 0 Å². The van der Waals surface area contributed by atoms with Crippen molar-refractivity contribution in [2.24, 2.45) is 5.92 Å². The maximum Gasteiger partial charge on any atom is 0.411 e. The number of carbonyl (C=O) groups is 2. The van der Waals surface area contributed by atoms with Crippen molar-refractivity contribution >= 4 is 17.6 Å². The average molecular weight is 403 g/mol. The first-order chi connectivity index (χ1) is 13.5. The third-order valence-corrected chi connectivity index (χ3v) is 5.49. The molecule has 0 saturated carbocycles. The minimum absolute atomic E-state index is 0.103. The summed E-state index contributed by atoms with van der Waals surface area (Å²) in [4.78, 5) is 45.9. The predicted molar refractivity (Wildman–Crippen MR) is 107 cm³/mol. The number of nitrogens with one attached hydrogen (secondary N) is 1. The lowest BCUT2D eigenvalue weighted by atomic mass is 9.93. The van der Waals surface area contributed by atoms with Crippen LogP contribution in [0.5, 0.6) is 0 Å². The zero-order chi connectivity index (χ0) is 21.5. The molecule has 0 aromatic carbocycles. The molecule has 0 spiro atoms. The van der Waals surface area contributed by atoms with Gasteiger partial charge in [-0.2, -0.15) is 0 Å². The largest absolute Gasteiger partial charge is 0.460 e. The zero-order valence-corrected chi connectivity index (χ0v) is 17.8. The van der Waals surface area contributed by atoms with Crippen LogP contribution in [-0.4, -0.2) is 50.7 Å². The lowest BCUT2D eigenvalue weighted by Gasteiger charge is -2.33. The van der Waals surface area contributed by atoms with E-state index in [0.29, 0.717) is 24.1 Å². The lowest BCUT2D eigenvalue weighted by molar-refractivity contribution is -0.148. The third-order valence-electron chi connectivity index (χ3n) is 5.49. The Balaban J connectivity index is 2.10. The van der Waals surface area contributed by atoms with E-state index in [1.54, 1.807) is 4.90 Å². The fourth-order valence-corrected chi connectivity index (χ4v) is 4.38. The first-order valence-corrected chi connectivity index (χ1v) is 10.0. The number of nitrogens with zero attached hydrogens (tertiary/aromatic N) is 2. The van der Waals surface area contributed by atoms with Gasteiger partial charge < -0.3 is 14.5 Å². The Kier molecular flexibility index (Phi) is 5.56. The molecule has 3 rings (SSSR count). The van der Waals surface area contributed by atoms with Crippen LogP contribution in [-0.2, 0) is 20.7 Å². The first-order valence-electron chi connectivity index (χ1n) is 10.0. The number of hydrogen-bond acceptors (Lipinski definition) is 6. The van der Waals surface area contributed by atoms with E-state index in [9.17, 15) is 14.4 Å². The highest BCUT2D eigenvalue weighted by molar-refractivity contribution is 5.80. The number of hydrogen-bond donors (Lipinski definition) is 1. The Hall–Kier alpha value is -2.64. The molecule has 1 aromatic heterocycles. The number of aromatic amines is 1. The summed E-state index contributed by atoms with van der Waals surface area (Å²) in [6, 6.07) is -0.740. The Morgan fingerprint density at radius 1 is 1.34 bits per heavy atom. The summed E-state index contributed by atoms with van der Waals surface area (Å²) in [6.45, 7) is 10.8. The number of fused-ring (bicyclic) bond motifs is 1. The standard InChI is InChI=1S/C21H29N3O5/c1-7-15-11(2)18(28-12(3)25)17(24(15)20(27)29-21(4,5)6)13-8-9-14-16(13)22-10-23-19(14)26/h8,10-11,15,17-18H,7,9H2,1-6H3,(H,22,23,26)/t11-,15-,17+,18-/m1/s1. The van der Waals surface area contributed by atoms with Crippen LogP contribution in [0.15, 0.2) is 17.2 Å². The van der Waals surface area contributed by atoms with Gasteiger partial charge in [-0.1, -0.05) is 19.9 Å². The van der Waals surface area contributed by atoms with Gasteiger partial charge in [0.15, 0.2) is 0 Å². The van der Waals surface area contributed by atoms with Crippen molar-refractivity contribution in [3.8, 4) is 0 Å². The van der Waals surface area contributed by atoms with Crippen LogP contribution in [0.4, 0.5) is 4.79 Å². The highest BCUT2D eigenvalue weighted by Crippen LogP contribution is 2.43. The summed E-state index contributed by atoms with van der Waals surface area (Å²) >= 11 is 0. The molecule has 2 heterocycles. The van der Waals surface area contributed by atoms with Crippen LogP contribution in [0.25, 0.3) is 5.57 Å². The van der Waals surface area contributed by atoms with E-state index in [2.05, 4.69) is 9.97 Å². The predicted octanol–water partition coefficient (Wildman–Crippen LogP) is 2.68. The molecule has 29 heavy (non-hydrogen) atoms. The molecule has 1 saturated heterocycles. The molecule has 1 aliphatic heterocycles. The second-order valence-corrected chi connectivity index (χ2v) is 8.66. The number of allylic oxidation sites excluding steroid dienone is 1. The molecule has 4 atom stereocenters. The number of carbonyl (C=O) groups excluding carboxylic acids is 2. The summed E-state index contributed by atoms with van der Waals surface area (Å²) in [5.41, 5.74) is 0.965. The topological polar surface area (TPSA) is 102 Å². The van der Waals surface area contributed by atoms with Gasteiger partial charge in [0, 0.05) is 30.0 Å². The van der Waals surface area contributed by atoms with Gasteiger partial charge in [0.05, 0.1) is 18.1 Å². The SMILES string of the molecule is CC[C@@H]1[C@@H](C)[C@@H](OC(C)=O)[C@H](C2=CCc3c2nc[nH]c3=O)N1C(=O)OC(C)(C)C. The van der Waals surface area contributed by atoms with Gasteiger partial charge in [-0.05, 0) is 33.6 Å². The number of amides is 1. The number of ether oxygens (including phenoxy) is 2. The molecule has 2 aliphatic rings. The van der Waals surface area contributed by atoms with Crippen LogP contribution in [0.3, 0.4) is 0 Å². The molecule has 0 bridgehead atoms. The highest BCUT2D eigenvalue weighted by Gasteiger charge is 2.53. The second kappa shape index (κ2) is 7.65. The molecule has 158 valence electrons. The van der Waals surface area contributed by atoms with Gasteiger partial charge in [-0.25, -0.2) is 9.78 Å². The van der Waals surface area contributed by atoms with E-state index in [1.807, 2.05) is 40.7 Å². The van der Waals surface area contributed by atoms with Gasteiger partial charge in [0.25, 0.3) is 5.56 Å². The van der Waals surface area contributed by atoms with E-state index >= 15 is 0 Å². The smallest absolute Gasteiger partial charge is 0.411 e. The normalized spacial score (nSPS) is 26.1. The maximum absolute atomic E-state index is 13.2. The maximum atomic E-state index is 13.2.